The molecule has 0 spiro atoms. The lowest BCUT2D eigenvalue weighted by atomic mass is 9.86. The largest absolute Gasteiger partial charge is 0.462 e. The number of nitrogens with zero attached hydrogens (tertiary/aromatic N) is 1. The number of rotatable bonds is 5. The highest BCUT2D eigenvalue weighted by Crippen LogP contribution is 2.33. The molecule has 1 heterocycles. The van der Waals surface area contributed by atoms with Gasteiger partial charge in [0.1, 0.15) is 16.6 Å². The molecule has 6 heteroatoms. The summed E-state index contributed by atoms with van der Waals surface area (Å²) in [7, 11) is 0. The van der Waals surface area contributed by atoms with Gasteiger partial charge in [0.15, 0.2) is 0 Å². The Morgan fingerprint density at radius 3 is 2.34 bits per heavy atom. The SMILES string of the molecule is CCOC(=O)c1c(NC(=O)C(C#N)=Cc2ccc(C(C)(C)C)cc2)sc(C)c1C. The van der Waals surface area contributed by atoms with Crippen molar-refractivity contribution in [2.75, 3.05) is 11.9 Å². The van der Waals surface area contributed by atoms with E-state index in [2.05, 4.69) is 26.1 Å². The minimum Gasteiger partial charge on any atom is -0.462 e. The molecule has 5 nitrogen and oxygen atoms in total. The minimum atomic E-state index is -0.556. The van der Waals surface area contributed by atoms with Gasteiger partial charge in [-0.05, 0) is 49.0 Å². The van der Waals surface area contributed by atoms with Gasteiger partial charge in [-0.15, -0.1) is 11.3 Å². The lowest BCUT2D eigenvalue weighted by molar-refractivity contribution is -0.112. The molecule has 0 saturated heterocycles. The zero-order valence-electron chi connectivity index (χ0n) is 17.7. The molecule has 0 unspecified atom stereocenters. The van der Waals surface area contributed by atoms with Gasteiger partial charge in [0.2, 0.25) is 0 Å². The maximum atomic E-state index is 12.7. The molecule has 0 aliphatic heterocycles. The Morgan fingerprint density at radius 2 is 1.83 bits per heavy atom. The Kier molecular flexibility index (Phi) is 6.99. The first-order chi connectivity index (χ1) is 13.6. The molecule has 152 valence electrons. The number of amides is 1. The summed E-state index contributed by atoms with van der Waals surface area (Å²) in [5.74, 6) is -1.04. The molecule has 0 atom stereocenters. The number of nitrogens with one attached hydrogen (secondary N) is 1. The maximum Gasteiger partial charge on any atom is 0.341 e. The summed E-state index contributed by atoms with van der Waals surface area (Å²) in [4.78, 5) is 25.9. The van der Waals surface area contributed by atoms with Gasteiger partial charge in [-0.1, -0.05) is 45.0 Å². The molecule has 0 fully saturated rings. The maximum absolute atomic E-state index is 12.7. The van der Waals surface area contributed by atoms with Crippen molar-refractivity contribution in [1.29, 1.82) is 5.26 Å². The number of thiophene rings is 1. The van der Waals surface area contributed by atoms with Gasteiger partial charge < -0.3 is 10.1 Å². The van der Waals surface area contributed by atoms with Crippen molar-refractivity contribution < 1.29 is 14.3 Å². The molecule has 1 aromatic heterocycles. The van der Waals surface area contributed by atoms with E-state index in [4.69, 9.17) is 4.74 Å². The smallest absolute Gasteiger partial charge is 0.341 e. The average molecular weight is 411 g/mol. The van der Waals surface area contributed by atoms with E-state index < -0.39 is 11.9 Å². The zero-order chi connectivity index (χ0) is 21.8. The van der Waals surface area contributed by atoms with Gasteiger partial charge in [-0.3, -0.25) is 4.79 Å². The number of nitriles is 1. The molecule has 1 aromatic carbocycles. The number of hydrogen-bond donors (Lipinski definition) is 1. The summed E-state index contributed by atoms with van der Waals surface area (Å²) in [5, 5.41) is 12.6. The first-order valence-corrected chi connectivity index (χ1v) is 10.2. The molecule has 0 aliphatic carbocycles. The van der Waals surface area contributed by atoms with Crippen molar-refractivity contribution in [2.45, 2.75) is 47.0 Å². The van der Waals surface area contributed by atoms with E-state index in [1.807, 2.05) is 44.2 Å². The number of anilines is 1. The number of aryl methyl sites for hydroxylation is 1. The molecule has 0 aliphatic rings. The van der Waals surface area contributed by atoms with Gasteiger partial charge in [-0.2, -0.15) is 5.26 Å². The predicted molar refractivity (Wildman–Crippen MR) is 117 cm³/mol. The molecular formula is C23H26N2O3S. The van der Waals surface area contributed by atoms with E-state index in [0.29, 0.717) is 10.6 Å². The van der Waals surface area contributed by atoms with Crippen LogP contribution < -0.4 is 5.32 Å². The van der Waals surface area contributed by atoms with Crippen molar-refractivity contribution in [3.05, 3.63) is 57.0 Å². The third-order valence-electron chi connectivity index (χ3n) is 4.54. The Hall–Kier alpha value is -2.91. The summed E-state index contributed by atoms with van der Waals surface area (Å²) in [6.07, 6.45) is 1.54. The Balaban J connectivity index is 2.30. The van der Waals surface area contributed by atoms with E-state index in [9.17, 15) is 14.9 Å². The molecule has 0 radical (unpaired) electrons. The lowest BCUT2D eigenvalue weighted by Crippen LogP contribution is -2.16. The Labute approximate surface area is 176 Å². The van der Waals surface area contributed by atoms with Crippen LogP contribution >= 0.6 is 11.3 Å². The topological polar surface area (TPSA) is 79.2 Å². The second-order valence-corrected chi connectivity index (χ2v) is 8.93. The van der Waals surface area contributed by atoms with Gasteiger partial charge in [0.05, 0.1) is 12.2 Å². The van der Waals surface area contributed by atoms with Crippen LogP contribution in [0.3, 0.4) is 0 Å². The molecule has 2 aromatic rings. The van der Waals surface area contributed by atoms with Crippen LogP contribution in [0, 0.1) is 25.2 Å². The van der Waals surface area contributed by atoms with Gasteiger partial charge in [0, 0.05) is 4.88 Å². The van der Waals surface area contributed by atoms with Crippen molar-refractivity contribution >= 4 is 34.3 Å². The predicted octanol–water partition coefficient (Wildman–Crippen LogP) is 5.38. The highest BCUT2D eigenvalue weighted by atomic mass is 32.1. The second-order valence-electron chi connectivity index (χ2n) is 7.70. The molecular weight excluding hydrogens is 384 g/mol. The molecule has 29 heavy (non-hydrogen) atoms. The van der Waals surface area contributed by atoms with Crippen LogP contribution in [-0.4, -0.2) is 18.5 Å². The van der Waals surface area contributed by atoms with Crippen LogP contribution in [0.5, 0.6) is 0 Å². The normalized spacial score (nSPS) is 11.7. The third kappa shape index (κ3) is 5.33. The summed E-state index contributed by atoms with van der Waals surface area (Å²) in [6.45, 7) is 12.0. The van der Waals surface area contributed by atoms with Gasteiger partial charge >= 0.3 is 5.97 Å². The van der Waals surface area contributed by atoms with Gasteiger partial charge in [-0.25, -0.2) is 4.79 Å². The number of benzene rings is 1. The number of carbonyl (C=O) groups is 2. The van der Waals surface area contributed by atoms with E-state index >= 15 is 0 Å². The van der Waals surface area contributed by atoms with E-state index in [1.54, 1.807) is 13.0 Å². The van der Waals surface area contributed by atoms with Crippen molar-refractivity contribution in [3.8, 4) is 6.07 Å². The number of carbonyl (C=O) groups excluding carboxylic acids is 2. The van der Waals surface area contributed by atoms with Crippen molar-refractivity contribution in [1.82, 2.24) is 0 Å². The second kappa shape index (κ2) is 9.06. The lowest BCUT2D eigenvalue weighted by Gasteiger charge is -2.18. The molecule has 0 bridgehead atoms. The minimum absolute atomic E-state index is 0.0239. The highest BCUT2D eigenvalue weighted by molar-refractivity contribution is 7.16. The zero-order valence-corrected chi connectivity index (χ0v) is 18.5. The summed E-state index contributed by atoms with van der Waals surface area (Å²) in [6, 6.07) is 9.69. The molecule has 0 saturated carbocycles. The third-order valence-corrected chi connectivity index (χ3v) is 5.67. The van der Waals surface area contributed by atoms with Crippen molar-refractivity contribution in [2.24, 2.45) is 0 Å². The van der Waals surface area contributed by atoms with E-state index in [0.717, 1.165) is 16.0 Å². The van der Waals surface area contributed by atoms with Crippen LogP contribution in [-0.2, 0) is 14.9 Å². The number of esters is 1. The standard InChI is InChI=1S/C23H26N2O3S/c1-7-28-22(27)19-14(2)15(3)29-21(19)25-20(26)17(13-24)12-16-8-10-18(11-9-16)23(4,5)6/h8-12H,7H2,1-6H3,(H,25,26). The summed E-state index contributed by atoms with van der Waals surface area (Å²) in [5.41, 5.74) is 3.02. The summed E-state index contributed by atoms with van der Waals surface area (Å²) >= 11 is 1.29. The van der Waals surface area contributed by atoms with Crippen molar-refractivity contribution in [3.63, 3.8) is 0 Å². The molecule has 1 N–H and O–H groups in total. The Bertz CT molecular complexity index is 987. The van der Waals surface area contributed by atoms with Crippen LogP contribution in [0.25, 0.3) is 6.08 Å². The monoisotopic (exact) mass is 410 g/mol. The quantitative estimate of drug-likeness (QED) is 0.407. The first-order valence-electron chi connectivity index (χ1n) is 9.39. The van der Waals surface area contributed by atoms with Crippen LogP contribution in [0.4, 0.5) is 5.00 Å². The van der Waals surface area contributed by atoms with Crippen LogP contribution in [0.2, 0.25) is 0 Å². The fourth-order valence-corrected chi connectivity index (χ4v) is 3.77. The number of hydrogen-bond acceptors (Lipinski definition) is 5. The van der Waals surface area contributed by atoms with Gasteiger partial charge in [0.25, 0.3) is 5.91 Å². The molecule has 2 rings (SSSR count). The fraction of sp³-hybridized carbons (Fsp3) is 0.348. The number of ether oxygens (including phenoxy) is 1. The van der Waals surface area contributed by atoms with E-state index in [-0.39, 0.29) is 17.6 Å². The van der Waals surface area contributed by atoms with Crippen LogP contribution in [0.15, 0.2) is 29.8 Å². The molecule has 1 amide bonds. The highest BCUT2D eigenvalue weighted by Gasteiger charge is 2.23. The fourth-order valence-electron chi connectivity index (χ4n) is 2.73. The summed E-state index contributed by atoms with van der Waals surface area (Å²) < 4.78 is 5.10. The van der Waals surface area contributed by atoms with Crippen LogP contribution in [0.1, 0.15) is 59.6 Å². The first kappa shape index (κ1) is 22.4. The average Bonchev–Trinajstić information content (AvgIpc) is 2.93. The van der Waals surface area contributed by atoms with E-state index in [1.165, 1.54) is 16.9 Å². The Morgan fingerprint density at radius 1 is 1.21 bits per heavy atom.